The lowest BCUT2D eigenvalue weighted by Gasteiger charge is -2.02. The summed E-state index contributed by atoms with van der Waals surface area (Å²) in [5.41, 5.74) is -0.227. The van der Waals surface area contributed by atoms with Gasteiger partial charge in [0, 0.05) is 5.39 Å². The van der Waals surface area contributed by atoms with Crippen molar-refractivity contribution >= 4 is 10.8 Å². The van der Waals surface area contributed by atoms with Crippen LogP contribution in [0.25, 0.3) is 10.8 Å². The molecular formula is C9H8N2O2. The number of methoxy groups -OCH3 is 1. The monoisotopic (exact) mass is 176 g/mol. The van der Waals surface area contributed by atoms with Gasteiger partial charge in [-0.2, -0.15) is 5.10 Å². The van der Waals surface area contributed by atoms with Crippen molar-refractivity contribution in [3.8, 4) is 5.75 Å². The van der Waals surface area contributed by atoms with Gasteiger partial charge in [0.2, 0.25) is 0 Å². The number of aromatic nitrogens is 2. The van der Waals surface area contributed by atoms with Crippen molar-refractivity contribution in [2.24, 2.45) is 0 Å². The molecule has 1 aromatic heterocycles. The van der Waals surface area contributed by atoms with E-state index in [9.17, 15) is 4.79 Å². The third-order valence-electron chi connectivity index (χ3n) is 1.88. The van der Waals surface area contributed by atoms with E-state index in [1.807, 2.05) is 12.1 Å². The Kier molecular flexibility index (Phi) is 1.73. The number of nitrogens with one attached hydrogen (secondary N) is 1. The standard InChI is InChI=1S/C9H8N2O2/c1-13-7-4-2-3-6-5-10-11-9(12)8(6)7/h2-5H,1H3,(H,11,12). The molecule has 66 valence electrons. The van der Waals surface area contributed by atoms with E-state index in [0.29, 0.717) is 11.1 Å². The second-order valence-corrected chi connectivity index (χ2v) is 2.62. The van der Waals surface area contributed by atoms with Crippen LogP contribution in [0.2, 0.25) is 0 Å². The molecule has 0 aliphatic rings. The van der Waals surface area contributed by atoms with E-state index >= 15 is 0 Å². The molecule has 0 radical (unpaired) electrons. The quantitative estimate of drug-likeness (QED) is 0.703. The van der Waals surface area contributed by atoms with Crippen LogP contribution in [0.15, 0.2) is 29.2 Å². The lowest BCUT2D eigenvalue weighted by atomic mass is 10.2. The Bertz CT molecular complexity index is 485. The van der Waals surface area contributed by atoms with E-state index in [1.165, 1.54) is 7.11 Å². The van der Waals surface area contributed by atoms with Crippen molar-refractivity contribution in [1.82, 2.24) is 10.2 Å². The van der Waals surface area contributed by atoms with Crippen molar-refractivity contribution < 1.29 is 4.74 Å². The zero-order valence-corrected chi connectivity index (χ0v) is 7.07. The minimum Gasteiger partial charge on any atom is -0.496 e. The molecule has 4 nitrogen and oxygen atoms in total. The molecule has 1 N–H and O–H groups in total. The molecule has 13 heavy (non-hydrogen) atoms. The van der Waals surface area contributed by atoms with Crippen LogP contribution < -0.4 is 10.3 Å². The highest BCUT2D eigenvalue weighted by molar-refractivity contribution is 5.86. The molecule has 0 amide bonds. The first-order chi connectivity index (χ1) is 6.33. The maximum absolute atomic E-state index is 11.4. The van der Waals surface area contributed by atoms with E-state index in [2.05, 4.69) is 10.2 Å². The summed E-state index contributed by atoms with van der Waals surface area (Å²) in [4.78, 5) is 11.4. The van der Waals surface area contributed by atoms with Crippen molar-refractivity contribution in [3.63, 3.8) is 0 Å². The Morgan fingerprint density at radius 3 is 3.08 bits per heavy atom. The average molecular weight is 176 g/mol. The number of nitrogens with zero attached hydrogens (tertiary/aromatic N) is 1. The van der Waals surface area contributed by atoms with E-state index in [4.69, 9.17) is 4.74 Å². The number of benzene rings is 1. The topological polar surface area (TPSA) is 55.0 Å². The maximum atomic E-state index is 11.4. The molecule has 0 spiro atoms. The minimum absolute atomic E-state index is 0.227. The first kappa shape index (κ1) is 7.79. The van der Waals surface area contributed by atoms with Crippen LogP contribution in [-0.2, 0) is 0 Å². The normalized spacial score (nSPS) is 10.2. The first-order valence-electron chi connectivity index (χ1n) is 3.83. The summed E-state index contributed by atoms with van der Waals surface area (Å²) >= 11 is 0. The van der Waals surface area contributed by atoms with Gasteiger partial charge in [-0.15, -0.1) is 0 Å². The van der Waals surface area contributed by atoms with Crippen molar-refractivity contribution in [2.75, 3.05) is 7.11 Å². The Morgan fingerprint density at radius 1 is 1.46 bits per heavy atom. The fourth-order valence-corrected chi connectivity index (χ4v) is 1.29. The van der Waals surface area contributed by atoms with Gasteiger partial charge in [-0.1, -0.05) is 12.1 Å². The number of fused-ring (bicyclic) bond motifs is 1. The van der Waals surface area contributed by atoms with Crippen LogP contribution in [-0.4, -0.2) is 17.3 Å². The highest BCUT2D eigenvalue weighted by Gasteiger charge is 2.03. The Morgan fingerprint density at radius 2 is 2.31 bits per heavy atom. The molecule has 0 bridgehead atoms. The van der Waals surface area contributed by atoms with Gasteiger partial charge >= 0.3 is 0 Å². The van der Waals surface area contributed by atoms with Crippen molar-refractivity contribution in [3.05, 3.63) is 34.7 Å². The molecular weight excluding hydrogens is 168 g/mol. The summed E-state index contributed by atoms with van der Waals surface area (Å²) < 4.78 is 5.06. The summed E-state index contributed by atoms with van der Waals surface area (Å²) in [7, 11) is 1.54. The summed E-state index contributed by atoms with van der Waals surface area (Å²) in [5.74, 6) is 0.571. The lowest BCUT2D eigenvalue weighted by Crippen LogP contribution is -2.08. The van der Waals surface area contributed by atoms with Gasteiger partial charge < -0.3 is 4.74 Å². The van der Waals surface area contributed by atoms with Gasteiger partial charge in [0.15, 0.2) is 0 Å². The minimum atomic E-state index is -0.227. The van der Waals surface area contributed by atoms with E-state index in [0.717, 1.165) is 5.39 Å². The van der Waals surface area contributed by atoms with Gasteiger partial charge in [0.1, 0.15) is 5.75 Å². The number of rotatable bonds is 1. The van der Waals surface area contributed by atoms with Crippen molar-refractivity contribution in [1.29, 1.82) is 0 Å². The largest absolute Gasteiger partial charge is 0.496 e. The third-order valence-corrected chi connectivity index (χ3v) is 1.88. The van der Waals surface area contributed by atoms with Gasteiger partial charge in [-0.05, 0) is 6.07 Å². The molecule has 1 heterocycles. The highest BCUT2D eigenvalue weighted by atomic mass is 16.5. The van der Waals surface area contributed by atoms with Gasteiger partial charge in [-0.25, -0.2) is 5.10 Å². The first-order valence-corrected chi connectivity index (χ1v) is 3.83. The van der Waals surface area contributed by atoms with Crippen LogP contribution in [0.1, 0.15) is 0 Å². The van der Waals surface area contributed by atoms with Crippen LogP contribution in [0, 0.1) is 0 Å². The van der Waals surface area contributed by atoms with Crippen LogP contribution in [0.4, 0.5) is 0 Å². The third kappa shape index (κ3) is 1.16. The number of aromatic amines is 1. The van der Waals surface area contributed by atoms with Gasteiger partial charge in [0.05, 0.1) is 18.7 Å². The SMILES string of the molecule is COc1cccc2cn[nH]c(=O)c12. The molecule has 0 atom stereocenters. The molecule has 0 aliphatic heterocycles. The molecule has 0 fully saturated rings. The van der Waals surface area contributed by atoms with Gasteiger partial charge in [-0.3, -0.25) is 4.79 Å². The van der Waals surface area contributed by atoms with E-state index in [-0.39, 0.29) is 5.56 Å². The maximum Gasteiger partial charge on any atom is 0.275 e. The number of hydrogen-bond acceptors (Lipinski definition) is 3. The predicted octanol–water partition coefficient (Wildman–Crippen LogP) is 0.932. The average Bonchev–Trinajstić information content (AvgIpc) is 2.17. The number of H-pyrrole nitrogens is 1. The molecule has 2 rings (SSSR count). The molecule has 0 unspecified atom stereocenters. The molecule has 4 heteroatoms. The summed E-state index contributed by atoms with van der Waals surface area (Å²) in [5, 5.41) is 7.38. The number of hydrogen-bond donors (Lipinski definition) is 1. The van der Waals surface area contributed by atoms with Crippen LogP contribution >= 0.6 is 0 Å². The van der Waals surface area contributed by atoms with Crippen LogP contribution in [0.3, 0.4) is 0 Å². The second kappa shape index (κ2) is 2.90. The van der Waals surface area contributed by atoms with E-state index < -0.39 is 0 Å². The molecule has 0 aliphatic carbocycles. The van der Waals surface area contributed by atoms with Gasteiger partial charge in [0.25, 0.3) is 5.56 Å². The molecule has 2 aromatic rings. The zero-order valence-electron chi connectivity index (χ0n) is 7.07. The van der Waals surface area contributed by atoms with Crippen LogP contribution in [0.5, 0.6) is 5.75 Å². The summed E-state index contributed by atoms with van der Waals surface area (Å²) in [6, 6.07) is 5.39. The van der Waals surface area contributed by atoms with E-state index in [1.54, 1.807) is 12.3 Å². The highest BCUT2D eigenvalue weighted by Crippen LogP contribution is 2.19. The summed E-state index contributed by atoms with van der Waals surface area (Å²) in [6.07, 6.45) is 1.60. The Labute approximate surface area is 74.2 Å². The smallest absolute Gasteiger partial charge is 0.275 e. The predicted molar refractivity (Wildman–Crippen MR) is 48.9 cm³/mol. The Balaban J connectivity index is 2.95. The number of ether oxygens (including phenoxy) is 1. The fraction of sp³-hybridized carbons (Fsp3) is 0.111. The molecule has 0 saturated heterocycles. The Hall–Kier alpha value is -1.84. The lowest BCUT2D eigenvalue weighted by molar-refractivity contribution is 0.419. The molecule has 1 aromatic carbocycles. The van der Waals surface area contributed by atoms with Crippen molar-refractivity contribution in [2.45, 2.75) is 0 Å². The summed E-state index contributed by atoms with van der Waals surface area (Å²) in [6.45, 7) is 0. The fourth-order valence-electron chi connectivity index (χ4n) is 1.29. The second-order valence-electron chi connectivity index (χ2n) is 2.62. The zero-order chi connectivity index (χ0) is 9.26. The molecule has 0 saturated carbocycles.